The van der Waals surface area contributed by atoms with Gasteiger partial charge in [-0.3, -0.25) is 9.78 Å². The lowest BCUT2D eigenvalue weighted by Crippen LogP contribution is -2.40. The first-order chi connectivity index (χ1) is 11.2. The Morgan fingerprint density at radius 1 is 1.17 bits per heavy atom. The molecule has 1 aromatic carbocycles. The topological polar surface area (TPSA) is 54.0 Å². The van der Waals surface area contributed by atoms with Gasteiger partial charge < -0.3 is 10.6 Å². The Balaban J connectivity index is 1.58. The standard InChI is InChI=1S/C18H21N3OS/c1-13-12-14(6-11-20-13)18(22)21-15-2-4-16(5-3-15)23-17-7-9-19-10-8-17/h2-5,7-10,13-14,20H,6,11-12H2,1H3,(H,21,22)/t13-,14-/m0/s1. The van der Waals surface area contributed by atoms with Crippen LogP contribution < -0.4 is 10.6 Å². The largest absolute Gasteiger partial charge is 0.326 e. The number of hydrogen-bond acceptors (Lipinski definition) is 4. The highest BCUT2D eigenvalue weighted by Crippen LogP contribution is 2.28. The number of pyridine rings is 1. The van der Waals surface area contributed by atoms with Gasteiger partial charge in [0.1, 0.15) is 0 Å². The van der Waals surface area contributed by atoms with E-state index in [0.29, 0.717) is 6.04 Å². The van der Waals surface area contributed by atoms with Crippen LogP contribution in [0.3, 0.4) is 0 Å². The van der Waals surface area contributed by atoms with E-state index in [0.717, 1.165) is 34.9 Å². The van der Waals surface area contributed by atoms with E-state index in [1.54, 1.807) is 24.2 Å². The molecule has 0 bridgehead atoms. The fraction of sp³-hybridized carbons (Fsp3) is 0.333. The summed E-state index contributed by atoms with van der Waals surface area (Å²) in [5, 5.41) is 6.41. The first-order valence-corrected chi connectivity index (χ1v) is 8.74. The molecular weight excluding hydrogens is 306 g/mol. The predicted molar refractivity (Wildman–Crippen MR) is 93.6 cm³/mol. The van der Waals surface area contributed by atoms with Crippen molar-refractivity contribution in [2.75, 3.05) is 11.9 Å². The molecule has 5 heteroatoms. The molecule has 1 aliphatic heterocycles. The van der Waals surface area contributed by atoms with Crippen molar-refractivity contribution >= 4 is 23.4 Å². The zero-order valence-electron chi connectivity index (χ0n) is 13.2. The molecule has 23 heavy (non-hydrogen) atoms. The van der Waals surface area contributed by atoms with E-state index in [1.807, 2.05) is 36.4 Å². The van der Waals surface area contributed by atoms with Crippen molar-refractivity contribution in [2.45, 2.75) is 35.6 Å². The second-order valence-electron chi connectivity index (χ2n) is 5.88. The number of carbonyl (C=O) groups excluding carboxylic acids is 1. The van der Waals surface area contributed by atoms with Gasteiger partial charge in [-0.1, -0.05) is 11.8 Å². The summed E-state index contributed by atoms with van der Waals surface area (Å²) in [4.78, 5) is 18.7. The summed E-state index contributed by atoms with van der Waals surface area (Å²) >= 11 is 1.68. The fourth-order valence-electron chi connectivity index (χ4n) is 2.76. The maximum atomic E-state index is 12.3. The summed E-state index contributed by atoms with van der Waals surface area (Å²) in [7, 11) is 0. The van der Waals surface area contributed by atoms with Gasteiger partial charge in [-0.15, -0.1) is 0 Å². The van der Waals surface area contributed by atoms with Gasteiger partial charge in [0, 0.05) is 39.8 Å². The van der Waals surface area contributed by atoms with E-state index in [1.165, 1.54) is 0 Å². The Morgan fingerprint density at radius 2 is 1.87 bits per heavy atom. The number of piperidine rings is 1. The first kappa shape index (κ1) is 16.0. The number of nitrogens with one attached hydrogen (secondary N) is 2. The van der Waals surface area contributed by atoms with Gasteiger partial charge in [0.15, 0.2) is 0 Å². The highest BCUT2D eigenvalue weighted by molar-refractivity contribution is 7.99. The molecule has 1 amide bonds. The first-order valence-electron chi connectivity index (χ1n) is 7.93. The number of carbonyl (C=O) groups is 1. The minimum Gasteiger partial charge on any atom is -0.326 e. The van der Waals surface area contributed by atoms with Crippen molar-refractivity contribution in [1.29, 1.82) is 0 Å². The maximum absolute atomic E-state index is 12.3. The van der Waals surface area contributed by atoms with Crippen LogP contribution in [0.1, 0.15) is 19.8 Å². The molecule has 4 nitrogen and oxygen atoms in total. The van der Waals surface area contributed by atoms with Crippen LogP contribution in [0.15, 0.2) is 58.6 Å². The van der Waals surface area contributed by atoms with E-state index in [4.69, 9.17) is 0 Å². The van der Waals surface area contributed by atoms with Gasteiger partial charge in [-0.05, 0) is 62.7 Å². The third-order valence-corrected chi connectivity index (χ3v) is 5.02. The van der Waals surface area contributed by atoms with E-state index in [2.05, 4.69) is 22.5 Å². The fourth-order valence-corrected chi connectivity index (χ4v) is 3.57. The van der Waals surface area contributed by atoms with E-state index < -0.39 is 0 Å². The van der Waals surface area contributed by atoms with Crippen molar-refractivity contribution in [3.05, 3.63) is 48.8 Å². The Labute approximate surface area is 141 Å². The van der Waals surface area contributed by atoms with Crippen LogP contribution in [-0.4, -0.2) is 23.5 Å². The lowest BCUT2D eigenvalue weighted by Gasteiger charge is -2.27. The van der Waals surface area contributed by atoms with Gasteiger partial charge in [-0.2, -0.15) is 0 Å². The molecular formula is C18H21N3OS. The SMILES string of the molecule is C[C@H]1C[C@@H](C(=O)Nc2ccc(Sc3ccncc3)cc2)CCN1. The van der Waals surface area contributed by atoms with Gasteiger partial charge >= 0.3 is 0 Å². The minimum absolute atomic E-state index is 0.108. The number of aromatic nitrogens is 1. The van der Waals surface area contributed by atoms with Crippen LogP contribution in [0.25, 0.3) is 0 Å². The molecule has 2 N–H and O–H groups in total. The summed E-state index contributed by atoms with van der Waals surface area (Å²) in [5.74, 6) is 0.241. The van der Waals surface area contributed by atoms with Crippen LogP contribution in [-0.2, 0) is 4.79 Å². The molecule has 0 aliphatic carbocycles. The summed E-state index contributed by atoms with van der Waals surface area (Å²) in [6.45, 7) is 3.05. The number of anilines is 1. The molecule has 1 saturated heterocycles. The molecule has 0 spiro atoms. The number of amides is 1. The molecule has 0 unspecified atom stereocenters. The number of hydrogen-bond donors (Lipinski definition) is 2. The lowest BCUT2D eigenvalue weighted by atomic mass is 9.92. The van der Waals surface area contributed by atoms with Crippen molar-refractivity contribution in [1.82, 2.24) is 10.3 Å². The summed E-state index contributed by atoms with van der Waals surface area (Å²) < 4.78 is 0. The zero-order chi connectivity index (χ0) is 16.1. The van der Waals surface area contributed by atoms with E-state index >= 15 is 0 Å². The van der Waals surface area contributed by atoms with E-state index in [9.17, 15) is 4.79 Å². The van der Waals surface area contributed by atoms with E-state index in [-0.39, 0.29) is 11.8 Å². The minimum atomic E-state index is 0.108. The molecule has 2 atom stereocenters. The van der Waals surface area contributed by atoms with Crippen molar-refractivity contribution in [2.24, 2.45) is 5.92 Å². The molecule has 120 valence electrons. The smallest absolute Gasteiger partial charge is 0.227 e. The third-order valence-electron chi connectivity index (χ3n) is 4.00. The van der Waals surface area contributed by atoms with Gasteiger partial charge in [0.05, 0.1) is 0 Å². The van der Waals surface area contributed by atoms with Gasteiger partial charge in [0.25, 0.3) is 0 Å². The predicted octanol–water partition coefficient (Wildman–Crippen LogP) is 3.56. The molecule has 0 saturated carbocycles. The monoisotopic (exact) mass is 327 g/mol. The molecule has 2 aromatic rings. The highest BCUT2D eigenvalue weighted by Gasteiger charge is 2.24. The van der Waals surface area contributed by atoms with Crippen LogP contribution in [0.2, 0.25) is 0 Å². The van der Waals surface area contributed by atoms with Crippen molar-refractivity contribution < 1.29 is 4.79 Å². The quantitative estimate of drug-likeness (QED) is 0.901. The Morgan fingerprint density at radius 3 is 2.57 bits per heavy atom. The second kappa shape index (κ2) is 7.62. The number of nitrogens with zero attached hydrogens (tertiary/aromatic N) is 1. The molecule has 1 aromatic heterocycles. The van der Waals surface area contributed by atoms with Crippen molar-refractivity contribution in [3.8, 4) is 0 Å². The van der Waals surface area contributed by atoms with Crippen LogP contribution in [0, 0.1) is 5.92 Å². The maximum Gasteiger partial charge on any atom is 0.227 e. The average Bonchev–Trinajstić information content (AvgIpc) is 2.57. The third kappa shape index (κ3) is 4.56. The van der Waals surface area contributed by atoms with Gasteiger partial charge in [-0.25, -0.2) is 0 Å². The van der Waals surface area contributed by atoms with Crippen molar-refractivity contribution in [3.63, 3.8) is 0 Å². The molecule has 2 heterocycles. The normalized spacial score (nSPS) is 20.9. The molecule has 1 aliphatic rings. The number of rotatable bonds is 4. The highest BCUT2D eigenvalue weighted by atomic mass is 32.2. The summed E-state index contributed by atoms with van der Waals surface area (Å²) in [5.41, 5.74) is 0.861. The van der Waals surface area contributed by atoms with Crippen LogP contribution >= 0.6 is 11.8 Å². The van der Waals surface area contributed by atoms with Crippen LogP contribution in [0.4, 0.5) is 5.69 Å². The Bertz CT molecular complexity index is 645. The molecule has 0 radical (unpaired) electrons. The lowest BCUT2D eigenvalue weighted by molar-refractivity contribution is -0.120. The molecule has 3 rings (SSSR count). The summed E-state index contributed by atoms with van der Waals surface area (Å²) in [6, 6.07) is 12.4. The Hall–Kier alpha value is -1.85. The zero-order valence-corrected chi connectivity index (χ0v) is 14.0. The van der Waals surface area contributed by atoms with Gasteiger partial charge in [0.2, 0.25) is 5.91 Å². The summed E-state index contributed by atoms with van der Waals surface area (Å²) in [6.07, 6.45) is 5.39. The average molecular weight is 327 g/mol. The molecule has 1 fully saturated rings. The number of benzene rings is 1. The Kier molecular flexibility index (Phi) is 5.31. The second-order valence-corrected chi connectivity index (χ2v) is 7.02. The van der Waals surface area contributed by atoms with Crippen LogP contribution in [0.5, 0.6) is 0 Å².